The fourth-order valence-electron chi connectivity index (χ4n) is 0.785. The molecule has 0 bridgehead atoms. The van der Waals surface area contributed by atoms with Crippen LogP contribution >= 0.6 is 0 Å². The molecule has 1 aromatic rings. The number of benzene rings is 1. The summed E-state index contributed by atoms with van der Waals surface area (Å²) >= 11 is 0. The van der Waals surface area contributed by atoms with Gasteiger partial charge in [0.15, 0.2) is 0 Å². The maximum atomic E-state index is 10.4. The van der Waals surface area contributed by atoms with E-state index in [9.17, 15) is 9.59 Å². The van der Waals surface area contributed by atoms with Gasteiger partial charge in [0.05, 0.1) is 11.1 Å². The summed E-state index contributed by atoms with van der Waals surface area (Å²) in [5.74, 6) is -2.25. The maximum absolute atomic E-state index is 10.4. The third kappa shape index (κ3) is 4.20. The quantitative estimate of drug-likeness (QED) is 0.782. The van der Waals surface area contributed by atoms with Crippen molar-refractivity contribution in [2.75, 3.05) is 0 Å². The van der Waals surface area contributed by atoms with Crippen LogP contribution in [0.5, 0.6) is 0 Å². The molecule has 0 atom stereocenters. The third-order valence-electron chi connectivity index (χ3n) is 1.36. The molecule has 0 aromatic heterocycles. The van der Waals surface area contributed by atoms with Crippen LogP contribution in [0.2, 0.25) is 0 Å². The predicted octanol–water partition coefficient (Wildman–Crippen LogP) is 1.08. The van der Waals surface area contributed by atoms with Gasteiger partial charge in [0.2, 0.25) is 0 Å². The fourth-order valence-corrected chi connectivity index (χ4v) is 0.785. The first-order valence-corrected chi connectivity index (χ1v) is 3.18. The van der Waals surface area contributed by atoms with Gasteiger partial charge in [-0.25, -0.2) is 9.59 Å². The molecule has 0 spiro atoms. The van der Waals surface area contributed by atoms with Gasteiger partial charge in [0.1, 0.15) is 0 Å². The number of carboxylic acid groups (broad SMARTS) is 2. The van der Waals surface area contributed by atoms with Gasteiger partial charge in [-0.05, 0) is 18.2 Å². The van der Waals surface area contributed by atoms with Crippen molar-refractivity contribution >= 4 is 11.9 Å². The second-order valence-corrected chi connectivity index (χ2v) is 2.19. The summed E-state index contributed by atoms with van der Waals surface area (Å²) in [5.41, 5.74) is -0.0372. The fraction of sp³-hybridized carbons (Fsp3) is 0. The van der Waals surface area contributed by atoms with E-state index in [0.717, 1.165) is 6.07 Å². The van der Waals surface area contributed by atoms with Crippen LogP contribution in [0.25, 0.3) is 0 Å². The zero-order valence-corrected chi connectivity index (χ0v) is 10.1. The van der Waals surface area contributed by atoms with Crippen molar-refractivity contribution in [3.05, 3.63) is 35.4 Å². The van der Waals surface area contributed by atoms with Crippen LogP contribution in [-0.4, -0.2) is 22.2 Å². The minimum absolute atomic E-state index is 0. The number of aromatic carboxylic acids is 2. The molecule has 14 heavy (non-hydrogen) atoms. The van der Waals surface area contributed by atoms with Gasteiger partial charge in [-0.2, -0.15) is 0 Å². The van der Waals surface area contributed by atoms with Crippen molar-refractivity contribution in [1.29, 1.82) is 0 Å². The molecule has 0 amide bonds. The zero-order chi connectivity index (χ0) is 9.14. The molecule has 4 nitrogen and oxygen atoms in total. The Morgan fingerprint density at radius 2 is 1.29 bits per heavy atom. The number of hydrogen-bond acceptors (Lipinski definition) is 2. The zero-order valence-electron chi connectivity index (χ0n) is 7.02. The molecule has 1 rings (SSSR count). The van der Waals surface area contributed by atoms with Gasteiger partial charge in [0, 0.05) is 43.4 Å². The van der Waals surface area contributed by atoms with E-state index in [1.807, 2.05) is 0 Å². The van der Waals surface area contributed by atoms with E-state index in [2.05, 4.69) is 0 Å². The molecule has 0 unspecified atom stereocenters. The summed E-state index contributed by atoms with van der Waals surface area (Å²) in [7, 11) is 0. The minimum Gasteiger partial charge on any atom is -0.478 e. The Balaban J connectivity index is 0. The first-order valence-electron chi connectivity index (χ1n) is 3.18. The van der Waals surface area contributed by atoms with Crippen molar-refractivity contribution in [2.45, 2.75) is 0 Å². The topological polar surface area (TPSA) is 74.6 Å². The predicted molar refractivity (Wildman–Crippen MR) is 40.4 cm³/mol. The SMILES string of the molecule is O=C(O)c1cccc(C(=O)O)c1.[Ti].[Ti]. The minimum atomic E-state index is -1.13. The Kier molecular flexibility index (Phi) is 7.97. The molecule has 0 radical (unpaired) electrons. The molecule has 2 N–H and O–H groups in total. The summed E-state index contributed by atoms with van der Waals surface area (Å²) < 4.78 is 0. The second-order valence-electron chi connectivity index (χ2n) is 2.19. The largest absolute Gasteiger partial charge is 0.478 e. The van der Waals surface area contributed by atoms with E-state index in [0.29, 0.717) is 0 Å². The molecule has 1 aromatic carbocycles. The van der Waals surface area contributed by atoms with Crippen molar-refractivity contribution < 1.29 is 63.2 Å². The molecule has 0 aliphatic heterocycles. The van der Waals surface area contributed by atoms with Gasteiger partial charge in [-0.15, -0.1) is 0 Å². The Morgan fingerprint density at radius 3 is 1.57 bits per heavy atom. The number of rotatable bonds is 2. The van der Waals surface area contributed by atoms with Gasteiger partial charge in [-0.1, -0.05) is 6.07 Å². The van der Waals surface area contributed by atoms with E-state index >= 15 is 0 Å². The van der Waals surface area contributed by atoms with Gasteiger partial charge in [0.25, 0.3) is 0 Å². The van der Waals surface area contributed by atoms with E-state index in [1.165, 1.54) is 18.2 Å². The molecule has 6 heteroatoms. The second kappa shape index (κ2) is 6.96. The normalized spacial score (nSPS) is 8.00. The summed E-state index contributed by atoms with van der Waals surface area (Å²) in [6.07, 6.45) is 0. The van der Waals surface area contributed by atoms with Crippen molar-refractivity contribution in [2.24, 2.45) is 0 Å². The summed E-state index contributed by atoms with van der Waals surface area (Å²) in [5, 5.41) is 17.0. The number of carboxylic acids is 2. The Morgan fingerprint density at radius 1 is 0.929 bits per heavy atom. The van der Waals surface area contributed by atoms with E-state index in [1.54, 1.807) is 0 Å². The van der Waals surface area contributed by atoms with Crippen molar-refractivity contribution in [3.8, 4) is 0 Å². The first kappa shape index (κ1) is 16.0. The molecular formula is C8H6O4Ti2. The van der Waals surface area contributed by atoms with Gasteiger partial charge >= 0.3 is 11.9 Å². The summed E-state index contributed by atoms with van der Waals surface area (Å²) in [4.78, 5) is 20.8. The molecule has 0 fully saturated rings. The van der Waals surface area contributed by atoms with Gasteiger partial charge in [-0.3, -0.25) is 0 Å². The molecule has 0 aliphatic carbocycles. The summed E-state index contributed by atoms with van der Waals surface area (Å²) in [6.45, 7) is 0. The van der Waals surface area contributed by atoms with E-state index in [4.69, 9.17) is 10.2 Å². The molecule has 0 heterocycles. The number of carbonyl (C=O) groups is 2. The monoisotopic (exact) mass is 262 g/mol. The standard InChI is InChI=1S/C8H6O4.2Ti/c9-7(10)5-2-1-3-6(4-5)8(11)12;;/h1-4H,(H,9,10)(H,11,12);;. The van der Waals surface area contributed by atoms with Gasteiger partial charge < -0.3 is 10.2 Å². The number of hydrogen-bond donors (Lipinski definition) is 2. The Labute approximate surface area is 110 Å². The Bertz CT molecular complexity index is 309. The third-order valence-corrected chi connectivity index (χ3v) is 1.36. The van der Waals surface area contributed by atoms with Crippen LogP contribution in [0.1, 0.15) is 20.7 Å². The average molecular weight is 262 g/mol. The van der Waals surface area contributed by atoms with Crippen LogP contribution in [0, 0.1) is 0 Å². The maximum Gasteiger partial charge on any atom is 0.335 e. The molecule has 0 aliphatic rings. The van der Waals surface area contributed by atoms with Crippen LogP contribution in [0.4, 0.5) is 0 Å². The van der Waals surface area contributed by atoms with Crippen molar-refractivity contribution in [1.82, 2.24) is 0 Å². The van der Waals surface area contributed by atoms with Crippen LogP contribution in [0.15, 0.2) is 24.3 Å². The van der Waals surface area contributed by atoms with Crippen LogP contribution in [0.3, 0.4) is 0 Å². The van der Waals surface area contributed by atoms with E-state index in [-0.39, 0.29) is 54.6 Å². The molecule has 70 valence electrons. The van der Waals surface area contributed by atoms with E-state index < -0.39 is 11.9 Å². The van der Waals surface area contributed by atoms with Crippen molar-refractivity contribution in [3.63, 3.8) is 0 Å². The molecular weight excluding hydrogens is 256 g/mol. The summed E-state index contributed by atoms with van der Waals surface area (Å²) in [6, 6.07) is 5.20. The van der Waals surface area contributed by atoms with Crippen LogP contribution in [-0.2, 0) is 43.4 Å². The Hall–Kier alpha value is -0.411. The molecule has 0 saturated carbocycles. The smallest absolute Gasteiger partial charge is 0.335 e. The first-order chi connectivity index (χ1) is 5.61. The van der Waals surface area contributed by atoms with Crippen LogP contribution < -0.4 is 0 Å². The average Bonchev–Trinajstić information content (AvgIpc) is 2.04. The molecule has 0 saturated heterocycles.